The third-order valence-corrected chi connectivity index (χ3v) is 2.97. The second-order valence-electron chi connectivity index (χ2n) is 4.86. The second kappa shape index (κ2) is 6.74. The zero-order valence-corrected chi connectivity index (χ0v) is 12.1. The lowest BCUT2D eigenvalue weighted by molar-refractivity contribution is -0.384. The van der Waals surface area contributed by atoms with Crippen LogP contribution >= 0.6 is 0 Å². The van der Waals surface area contributed by atoms with Crippen LogP contribution in [0.25, 0.3) is 0 Å². The van der Waals surface area contributed by atoms with Crippen LogP contribution in [0.3, 0.4) is 0 Å². The first-order valence-corrected chi connectivity index (χ1v) is 6.84. The molecule has 0 saturated heterocycles. The summed E-state index contributed by atoms with van der Waals surface area (Å²) < 4.78 is 1.96. The fourth-order valence-electron chi connectivity index (χ4n) is 2.15. The Morgan fingerprint density at radius 3 is 2.76 bits per heavy atom. The fraction of sp³-hybridized carbons (Fsp3) is 0.357. The van der Waals surface area contributed by atoms with Gasteiger partial charge >= 0.3 is 0 Å². The molecule has 0 aliphatic rings. The van der Waals surface area contributed by atoms with E-state index in [0.717, 1.165) is 17.9 Å². The number of hydrogen-bond donors (Lipinski definition) is 2. The lowest BCUT2D eigenvalue weighted by Gasteiger charge is -2.16. The van der Waals surface area contributed by atoms with E-state index in [4.69, 9.17) is 0 Å². The maximum absolute atomic E-state index is 11.0. The molecule has 1 heterocycles. The van der Waals surface area contributed by atoms with E-state index >= 15 is 0 Å². The SMILES string of the molecule is CCNc1cc(NC(C)Cn2ccnc2)cc([N+](=O)[O-])c1. The van der Waals surface area contributed by atoms with Crippen molar-refractivity contribution in [3.05, 3.63) is 47.0 Å². The Morgan fingerprint density at radius 2 is 2.14 bits per heavy atom. The molecule has 0 fully saturated rings. The molecular formula is C14H19N5O2. The summed E-state index contributed by atoms with van der Waals surface area (Å²) in [5, 5.41) is 17.4. The van der Waals surface area contributed by atoms with Gasteiger partial charge in [0.15, 0.2) is 0 Å². The average molecular weight is 289 g/mol. The van der Waals surface area contributed by atoms with Crippen molar-refractivity contribution in [3.63, 3.8) is 0 Å². The fourth-order valence-corrected chi connectivity index (χ4v) is 2.15. The Labute approximate surface area is 123 Å². The molecule has 112 valence electrons. The minimum atomic E-state index is -0.382. The molecule has 2 N–H and O–H groups in total. The van der Waals surface area contributed by atoms with Crippen LogP contribution in [0.1, 0.15) is 13.8 Å². The number of hydrogen-bond acceptors (Lipinski definition) is 5. The van der Waals surface area contributed by atoms with Gasteiger partial charge in [0.05, 0.1) is 11.3 Å². The van der Waals surface area contributed by atoms with Gasteiger partial charge in [0, 0.05) is 55.0 Å². The summed E-state index contributed by atoms with van der Waals surface area (Å²) in [6.45, 7) is 5.42. The molecule has 2 aromatic rings. The highest BCUT2D eigenvalue weighted by atomic mass is 16.6. The van der Waals surface area contributed by atoms with Crippen molar-refractivity contribution in [2.45, 2.75) is 26.4 Å². The number of anilines is 2. The van der Waals surface area contributed by atoms with E-state index in [1.807, 2.05) is 30.7 Å². The van der Waals surface area contributed by atoms with Gasteiger partial charge in [-0.1, -0.05) is 0 Å². The highest BCUT2D eigenvalue weighted by Gasteiger charge is 2.11. The Balaban J connectivity index is 2.12. The predicted molar refractivity (Wildman–Crippen MR) is 82.6 cm³/mol. The van der Waals surface area contributed by atoms with E-state index < -0.39 is 0 Å². The standard InChI is InChI=1S/C14H19N5O2/c1-3-16-12-6-13(8-14(7-12)19(20)21)17-11(2)9-18-5-4-15-10-18/h4-8,10-11,16-17H,3,9H2,1-2H3. The van der Waals surface area contributed by atoms with Gasteiger partial charge in [-0.2, -0.15) is 0 Å². The van der Waals surface area contributed by atoms with E-state index in [1.54, 1.807) is 18.6 Å². The Hall–Kier alpha value is -2.57. The molecule has 0 spiro atoms. The van der Waals surface area contributed by atoms with Crippen LogP contribution in [0.4, 0.5) is 17.1 Å². The molecule has 21 heavy (non-hydrogen) atoms. The summed E-state index contributed by atoms with van der Waals surface area (Å²) in [5.41, 5.74) is 1.54. The van der Waals surface area contributed by atoms with Gasteiger partial charge in [-0.15, -0.1) is 0 Å². The van der Waals surface area contributed by atoms with Crippen LogP contribution in [0, 0.1) is 10.1 Å². The van der Waals surface area contributed by atoms with Gasteiger partial charge in [-0.3, -0.25) is 10.1 Å². The first-order valence-electron chi connectivity index (χ1n) is 6.84. The van der Waals surface area contributed by atoms with Crippen molar-refractivity contribution in [1.29, 1.82) is 0 Å². The maximum Gasteiger partial charge on any atom is 0.273 e. The van der Waals surface area contributed by atoms with Gasteiger partial charge in [0.2, 0.25) is 0 Å². The van der Waals surface area contributed by atoms with Crippen LogP contribution < -0.4 is 10.6 Å². The first kappa shape index (κ1) is 14.8. The smallest absolute Gasteiger partial charge is 0.273 e. The molecule has 0 radical (unpaired) electrons. The normalized spacial score (nSPS) is 11.9. The molecule has 7 nitrogen and oxygen atoms in total. The molecule has 1 aromatic heterocycles. The quantitative estimate of drug-likeness (QED) is 0.604. The topological polar surface area (TPSA) is 85.0 Å². The van der Waals surface area contributed by atoms with E-state index in [9.17, 15) is 10.1 Å². The minimum Gasteiger partial charge on any atom is -0.385 e. The number of imidazole rings is 1. The molecule has 1 unspecified atom stereocenters. The van der Waals surface area contributed by atoms with Gasteiger partial charge in [-0.25, -0.2) is 4.98 Å². The molecule has 0 amide bonds. The summed E-state index contributed by atoms with van der Waals surface area (Å²) in [5.74, 6) is 0. The van der Waals surface area contributed by atoms with Crippen molar-refractivity contribution >= 4 is 17.1 Å². The lowest BCUT2D eigenvalue weighted by Crippen LogP contribution is -2.21. The zero-order valence-electron chi connectivity index (χ0n) is 12.1. The number of nitrogens with one attached hydrogen (secondary N) is 2. The predicted octanol–water partition coefficient (Wildman–Crippen LogP) is 2.72. The van der Waals surface area contributed by atoms with Gasteiger partial charge < -0.3 is 15.2 Å². The highest BCUT2D eigenvalue weighted by Crippen LogP contribution is 2.24. The Bertz CT molecular complexity index is 597. The number of nitro benzene ring substituents is 1. The summed E-state index contributed by atoms with van der Waals surface area (Å²) in [7, 11) is 0. The number of rotatable bonds is 7. The van der Waals surface area contributed by atoms with Crippen LogP contribution in [-0.4, -0.2) is 27.1 Å². The van der Waals surface area contributed by atoms with Gasteiger partial charge in [0.1, 0.15) is 0 Å². The summed E-state index contributed by atoms with van der Waals surface area (Å²) in [6.07, 6.45) is 5.36. The maximum atomic E-state index is 11.0. The van der Waals surface area contributed by atoms with E-state index in [2.05, 4.69) is 15.6 Å². The van der Waals surface area contributed by atoms with E-state index in [0.29, 0.717) is 6.54 Å². The van der Waals surface area contributed by atoms with Crippen LogP contribution in [-0.2, 0) is 6.54 Å². The van der Waals surface area contributed by atoms with Crippen LogP contribution in [0.5, 0.6) is 0 Å². The minimum absolute atomic E-state index is 0.0748. The molecule has 0 aliphatic heterocycles. The lowest BCUT2D eigenvalue weighted by atomic mass is 10.2. The summed E-state index contributed by atoms with van der Waals surface area (Å²) in [4.78, 5) is 14.6. The molecule has 2 rings (SSSR count). The Morgan fingerprint density at radius 1 is 1.38 bits per heavy atom. The van der Waals surface area contributed by atoms with Gasteiger partial charge in [0.25, 0.3) is 5.69 Å². The third kappa shape index (κ3) is 4.20. The number of non-ortho nitro benzene ring substituents is 1. The highest BCUT2D eigenvalue weighted by molar-refractivity contribution is 5.63. The van der Waals surface area contributed by atoms with Crippen molar-refractivity contribution in [1.82, 2.24) is 9.55 Å². The molecule has 0 bridgehead atoms. The monoisotopic (exact) mass is 289 g/mol. The average Bonchev–Trinajstić information content (AvgIpc) is 2.91. The van der Waals surface area contributed by atoms with Gasteiger partial charge in [-0.05, 0) is 19.9 Å². The molecule has 0 saturated carbocycles. The summed E-state index contributed by atoms with van der Waals surface area (Å²) in [6, 6.07) is 5.08. The number of benzene rings is 1. The van der Waals surface area contributed by atoms with E-state index in [-0.39, 0.29) is 16.7 Å². The van der Waals surface area contributed by atoms with Crippen molar-refractivity contribution in [3.8, 4) is 0 Å². The first-order chi connectivity index (χ1) is 10.1. The molecule has 0 aliphatic carbocycles. The number of nitro groups is 1. The third-order valence-electron chi connectivity index (χ3n) is 2.97. The van der Waals surface area contributed by atoms with E-state index in [1.165, 1.54) is 6.07 Å². The molecule has 1 atom stereocenters. The van der Waals surface area contributed by atoms with Crippen molar-refractivity contribution < 1.29 is 4.92 Å². The number of aromatic nitrogens is 2. The Kier molecular flexibility index (Phi) is 4.76. The number of nitrogens with zero attached hydrogens (tertiary/aromatic N) is 3. The second-order valence-corrected chi connectivity index (χ2v) is 4.86. The van der Waals surface area contributed by atoms with Crippen molar-refractivity contribution in [2.24, 2.45) is 0 Å². The van der Waals surface area contributed by atoms with Crippen LogP contribution in [0.2, 0.25) is 0 Å². The van der Waals surface area contributed by atoms with Crippen LogP contribution in [0.15, 0.2) is 36.9 Å². The van der Waals surface area contributed by atoms with Crippen molar-refractivity contribution in [2.75, 3.05) is 17.2 Å². The molecule has 7 heteroatoms. The summed E-state index contributed by atoms with van der Waals surface area (Å²) >= 11 is 0. The molecule has 1 aromatic carbocycles. The largest absolute Gasteiger partial charge is 0.385 e. The molecular weight excluding hydrogens is 270 g/mol. The zero-order chi connectivity index (χ0) is 15.2.